The molecule has 0 radical (unpaired) electrons. The van der Waals surface area contributed by atoms with Crippen LogP contribution in [0.3, 0.4) is 0 Å². The summed E-state index contributed by atoms with van der Waals surface area (Å²) in [5.74, 6) is -3.11. The summed E-state index contributed by atoms with van der Waals surface area (Å²) in [5.41, 5.74) is -2.75. The van der Waals surface area contributed by atoms with Gasteiger partial charge in [0, 0.05) is 32.1 Å². The van der Waals surface area contributed by atoms with Crippen molar-refractivity contribution in [3.05, 3.63) is 77.4 Å². The Morgan fingerprint density at radius 1 is 1.21 bits per heavy atom. The van der Waals surface area contributed by atoms with Crippen LogP contribution in [0.5, 0.6) is 5.75 Å². The molecule has 43 heavy (non-hydrogen) atoms. The van der Waals surface area contributed by atoms with Gasteiger partial charge in [-0.05, 0) is 36.4 Å². The van der Waals surface area contributed by atoms with Gasteiger partial charge in [-0.2, -0.15) is 10.2 Å². The fourth-order valence-electron chi connectivity index (χ4n) is 5.06. The van der Waals surface area contributed by atoms with Crippen LogP contribution in [0.25, 0.3) is 28.0 Å². The molecule has 1 atom stereocenters. The van der Waals surface area contributed by atoms with Crippen molar-refractivity contribution in [1.82, 2.24) is 24.4 Å². The first-order chi connectivity index (χ1) is 20.5. The van der Waals surface area contributed by atoms with Gasteiger partial charge in [-0.3, -0.25) is 4.79 Å². The zero-order valence-electron chi connectivity index (χ0n) is 22.6. The van der Waals surface area contributed by atoms with E-state index in [1.807, 2.05) is 6.07 Å². The molecule has 3 aromatic heterocycles. The summed E-state index contributed by atoms with van der Waals surface area (Å²) < 4.78 is 56.6. The number of rotatable bonds is 6. The zero-order chi connectivity index (χ0) is 31.1. The minimum atomic E-state index is -4.00. The maximum Gasteiger partial charge on any atom is 0.355 e. The smallest absolute Gasteiger partial charge is 0.355 e. The number of carbonyl (C=O) groups is 1. The number of sulfone groups is 1. The highest BCUT2D eigenvalue weighted by Gasteiger charge is 2.32. The number of hydrogen-bond acceptors (Lipinski definition) is 10. The predicted octanol–water partition coefficient (Wildman–Crippen LogP) is 2.35. The van der Waals surface area contributed by atoms with Gasteiger partial charge >= 0.3 is 5.69 Å². The normalized spacial score (nSPS) is 15.3. The molecule has 0 saturated carbocycles. The quantitative estimate of drug-likeness (QED) is 0.322. The molecule has 220 valence electrons. The molecule has 0 bridgehead atoms. The number of phenols is 1. The Bertz CT molecular complexity index is 1990. The van der Waals surface area contributed by atoms with Gasteiger partial charge in [-0.25, -0.2) is 36.5 Å². The van der Waals surface area contributed by atoms with Crippen molar-refractivity contribution in [2.45, 2.75) is 17.5 Å². The Morgan fingerprint density at radius 2 is 1.98 bits per heavy atom. The van der Waals surface area contributed by atoms with Gasteiger partial charge in [0.25, 0.3) is 0 Å². The fraction of sp³-hybridized carbons (Fsp3) is 0.214. The first-order valence-electron chi connectivity index (χ1n) is 12.8. The summed E-state index contributed by atoms with van der Waals surface area (Å²) in [5, 5.41) is 19.2. The lowest BCUT2D eigenvalue weighted by atomic mass is 10.1. The molecule has 0 spiro atoms. The second-order valence-electron chi connectivity index (χ2n) is 9.68. The lowest BCUT2D eigenvalue weighted by Gasteiger charge is -2.41. The van der Waals surface area contributed by atoms with Crippen molar-refractivity contribution in [2.24, 2.45) is 0 Å². The van der Waals surface area contributed by atoms with E-state index in [2.05, 4.69) is 21.5 Å². The topological polar surface area (TPSA) is 162 Å². The summed E-state index contributed by atoms with van der Waals surface area (Å²) in [6.45, 7) is 3.79. The summed E-state index contributed by atoms with van der Waals surface area (Å²) in [4.78, 5) is 41.5. The van der Waals surface area contributed by atoms with E-state index in [0.717, 1.165) is 35.1 Å². The number of anilines is 1. The second kappa shape index (κ2) is 11.2. The van der Waals surface area contributed by atoms with Gasteiger partial charge in [-0.15, -0.1) is 0 Å². The molecule has 4 heterocycles. The summed E-state index contributed by atoms with van der Waals surface area (Å²) in [6, 6.07) is 8.38. The van der Waals surface area contributed by atoms with Crippen LogP contribution in [0.15, 0.2) is 65.1 Å². The Kier molecular flexibility index (Phi) is 7.63. The van der Waals surface area contributed by atoms with E-state index < -0.39 is 55.2 Å². The molecule has 1 saturated heterocycles. The highest BCUT2D eigenvalue weighted by Crippen LogP contribution is 2.36. The number of piperazine rings is 1. The van der Waals surface area contributed by atoms with Gasteiger partial charge in [-0.1, -0.05) is 12.6 Å². The third kappa shape index (κ3) is 5.28. The first-order valence-corrected chi connectivity index (χ1v) is 14.7. The van der Waals surface area contributed by atoms with Crippen LogP contribution in [-0.4, -0.2) is 75.8 Å². The van der Waals surface area contributed by atoms with E-state index in [1.54, 1.807) is 4.90 Å². The summed E-state index contributed by atoms with van der Waals surface area (Å²) in [6.07, 6.45) is 3.18. The third-order valence-electron chi connectivity index (χ3n) is 6.94. The standard InChI is InChI=1S/C28H23F2N7O5S/c1-3-22(39)36-13-12-35(15-16(36)9-10-31)25-17-14-19(30)24(23-18(29)6-4-8-21(23)38)33-26(17)37(28(40)34-25)20-7-5-11-32-27(20)43(2,41)42/h3-8,11,14,16,38H,1,9,12-13,15H2,2H3. The molecule has 1 unspecified atom stereocenters. The summed E-state index contributed by atoms with van der Waals surface area (Å²) >= 11 is 0. The fourth-order valence-corrected chi connectivity index (χ4v) is 5.85. The number of carbonyl (C=O) groups excluding carboxylic acids is 1. The van der Waals surface area contributed by atoms with Crippen molar-refractivity contribution < 1.29 is 27.1 Å². The summed E-state index contributed by atoms with van der Waals surface area (Å²) in [7, 11) is -4.00. The molecular formula is C28H23F2N7O5S. The van der Waals surface area contributed by atoms with E-state index in [4.69, 9.17) is 0 Å². The minimum Gasteiger partial charge on any atom is -0.507 e. The number of aromatic hydroxyl groups is 1. The van der Waals surface area contributed by atoms with Crippen LogP contribution in [0.2, 0.25) is 0 Å². The lowest BCUT2D eigenvalue weighted by Crippen LogP contribution is -2.55. The number of benzene rings is 1. The van der Waals surface area contributed by atoms with E-state index in [1.165, 1.54) is 29.3 Å². The number of fused-ring (bicyclic) bond motifs is 1. The monoisotopic (exact) mass is 607 g/mol. The highest BCUT2D eigenvalue weighted by molar-refractivity contribution is 7.90. The largest absolute Gasteiger partial charge is 0.507 e. The highest BCUT2D eigenvalue weighted by atomic mass is 32.2. The van der Waals surface area contributed by atoms with E-state index in [-0.39, 0.29) is 54.5 Å². The van der Waals surface area contributed by atoms with Crippen molar-refractivity contribution in [2.75, 3.05) is 30.8 Å². The van der Waals surface area contributed by atoms with Gasteiger partial charge in [0.05, 0.1) is 35.2 Å². The molecule has 15 heteroatoms. The Morgan fingerprint density at radius 3 is 2.65 bits per heavy atom. The number of hydrogen-bond donors (Lipinski definition) is 1. The molecule has 1 aromatic carbocycles. The molecule has 1 fully saturated rings. The van der Waals surface area contributed by atoms with E-state index in [0.29, 0.717) is 0 Å². The number of aromatic nitrogens is 4. The number of nitriles is 1. The van der Waals surface area contributed by atoms with Gasteiger partial charge in [0.2, 0.25) is 5.91 Å². The second-order valence-corrected chi connectivity index (χ2v) is 11.6. The molecule has 12 nitrogen and oxygen atoms in total. The van der Waals surface area contributed by atoms with Crippen molar-refractivity contribution in [1.29, 1.82) is 5.26 Å². The van der Waals surface area contributed by atoms with Crippen LogP contribution >= 0.6 is 0 Å². The first kappa shape index (κ1) is 29.3. The van der Waals surface area contributed by atoms with E-state index >= 15 is 4.39 Å². The number of amides is 1. The predicted molar refractivity (Wildman–Crippen MR) is 151 cm³/mol. The Hall–Kier alpha value is -5.23. The number of phenolic OH excluding ortho intramolecular Hbond substituents is 1. The zero-order valence-corrected chi connectivity index (χ0v) is 23.4. The number of nitrogens with zero attached hydrogens (tertiary/aromatic N) is 7. The van der Waals surface area contributed by atoms with E-state index in [9.17, 15) is 32.8 Å². The maximum absolute atomic E-state index is 15.7. The Balaban J connectivity index is 1.82. The van der Waals surface area contributed by atoms with Gasteiger partial charge < -0.3 is 14.9 Å². The van der Waals surface area contributed by atoms with Crippen molar-refractivity contribution >= 4 is 32.6 Å². The molecule has 1 aliphatic heterocycles. The van der Waals surface area contributed by atoms with Crippen LogP contribution in [-0.2, 0) is 14.6 Å². The van der Waals surface area contributed by atoms with Crippen LogP contribution in [0.1, 0.15) is 6.42 Å². The Labute approximate surface area is 243 Å². The molecule has 5 rings (SSSR count). The lowest BCUT2D eigenvalue weighted by molar-refractivity contribution is -0.128. The molecular weight excluding hydrogens is 584 g/mol. The average Bonchev–Trinajstić information content (AvgIpc) is 2.96. The number of halogens is 2. The molecule has 1 aliphatic rings. The van der Waals surface area contributed by atoms with Gasteiger partial charge in [0.1, 0.15) is 23.1 Å². The van der Waals surface area contributed by atoms with Crippen LogP contribution < -0.4 is 10.6 Å². The average molecular weight is 608 g/mol. The molecule has 1 amide bonds. The van der Waals surface area contributed by atoms with Crippen molar-refractivity contribution in [3.8, 4) is 28.8 Å². The molecule has 1 N–H and O–H groups in total. The molecule has 0 aliphatic carbocycles. The van der Waals surface area contributed by atoms with Crippen molar-refractivity contribution in [3.63, 3.8) is 0 Å². The third-order valence-corrected chi connectivity index (χ3v) is 7.96. The van der Waals surface area contributed by atoms with Crippen LogP contribution in [0, 0.1) is 23.0 Å². The van der Waals surface area contributed by atoms with Crippen LogP contribution in [0.4, 0.5) is 14.6 Å². The minimum absolute atomic E-state index is 0.0393. The molecule has 4 aromatic rings. The maximum atomic E-state index is 15.7. The SMILES string of the molecule is C=CC(=O)N1CCN(c2nc(=O)n(-c3cccnc3S(C)(=O)=O)c3nc(-c4c(O)cccc4F)c(F)cc23)CC1CC#N. The van der Waals surface area contributed by atoms with Gasteiger partial charge in [0.15, 0.2) is 26.3 Å². The number of pyridine rings is 2.